The maximum Gasteiger partial charge on any atom is 0.228 e. The van der Waals surface area contributed by atoms with Gasteiger partial charge in [-0.1, -0.05) is 18.2 Å². The van der Waals surface area contributed by atoms with Crippen LogP contribution < -0.4 is 4.74 Å². The summed E-state index contributed by atoms with van der Waals surface area (Å²) >= 11 is 0. The van der Waals surface area contributed by atoms with Gasteiger partial charge in [0.2, 0.25) is 5.91 Å². The Kier molecular flexibility index (Phi) is 6.79. The van der Waals surface area contributed by atoms with Crippen molar-refractivity contribution >= 4 is 5.91 Å². The molecule has 29 heavy (non-hydrogen) atoms. The minimum Gasteiger partial charge on any atom is -0.491 e. The summed E-state index contributed by atoms with van der Waals surface area (Å²) in [6.07, 6.45) is 7.39. The fourth-order valence-electron chi connectivity index (χ4n) is 4.03. The molecular formula is C22H30N4O3. The average Bonchev–Trinajstić information content (AvgIpc) is 3.41. The molecule has 2 aliphatic heterocycles. The molecule has 4 rings (SSSR count). The summed E-state index contributed by atoms with van der Waals surface area (Å²) in [6.45, 7) is 7.05. The molecule has 0 N–H and O–H groups in total. The van der Waals surface area contributed by atoms with Crippen molar-refractivity contribution in [3.05, 3.63) is 48.5 Å². The summed E-state index contributed by atoms with van der Waals surface area (Å²) in [7, 11) is 0. The standard InChI is InChI=1S/C22H30N4O3/c27-22(20-6-14-28-17-20)26-9-3-8-24(11-12-26)16-19-4-1-2-5-21(19)29-15-13-25-10-7-23-18-25/h1-2,4-5,7,10,18,20H,3,6,8-9,11-17H2. The third-order valence-corrected chi connectivity index (χ3v) is 5.71. The number of rotatable bonds is 7. The number of hydrogen-bond acceptors (Lipinski definition) is 5. The molecule has 2 saturated heterocycles. The van der Waals surface area contributed by atoms with E-state index >= 15 is 0 Å². The summed E-state index contributed by atoms with van der Waals surface area (Å²) in [5.41, 5.74) is 1.20. The quantitative estimate of drug-likeness (QED) is 0.714. The smallest absolute Gasteiger partial charge is 0.228 e. The van der Waals surface area contributed by atoms with E-state index in [0.717, 1.165) is 57.9 Å². The number of benzene rings is 1. The zero-order valence-electron chi connectivity index (χ0n) is 16.9. The molecule has 156 valence electrons. The first-order chi connectivity index (χ1) is 14.3. The van der Waals surface area contributed by atoms with Gasteiger partial charge in [-0.15, -0.1) is 0 Å². The fraction of sp³-hybridized carbons (Fsp3) is 0.545. The molecular weight excluding hydrogens is 368 g/mol. The molecule has 0 bridgehead atoms. The van der Waals surface area contributed by atoms with Crippen LogP contribution in [0.3, 0.4) is 0 Å². The predicted molar refractivity (Wildman–Crippen MR) is 110 cm³/mol. The Labute approximate surface area is 172 Å². The van der Waals surface area contributed by atoms with Crippen LogP contribution in [0, 0.1) is 5.92 Å². The van der Waals surface area contributed by atoms with Gasteiger partial charge in [-0.25, -0.2) is 4.98 Å². The number of aromatic nitrogens is 2. The van der Waals surface area contributed by atoms with E-state index in [0.29, 0.717) is 19.8 Å². The van der Waals surface area contributed by atoms with Crippen LogP contribution in [0.2, 0.25) is 0 Å². The lowest BCUT2D eigenvalue weighted by Crippen LogP contribution is -2.39. The number of imidazole rings is 1. The molecule has 1 amide bonds. The van der Waals surface area contributed by atoms with Crippen molar-refractivity contribution in [2.24, 2.45) is 5.92 Å². The zero-order chi connectivity index (χ0) is 19.9. The average molecular weight is 399 g/mol. The zero-order valence-corrected chi connectivity index (χ0v) is 16.9. The van der Waals surface area contributed by atoms with Crippen molar-refractivity contribution in [1.29, 1.82) is 0 Å². The molecule has 7 heteroatoms. The van der Waals surface area contributed by atoms with E-state index in [1.54, 1.807) is 12.5 Å². The van der Waals surface area contributed by atoms with Crippen LogP contribution in [0.1, 0.15) is 18.4 Å². The summed E-state index contributed by atoms with van der Waals surface area (Å²) in [4.78, 5) is 21.2. The van der Waals surface area contributed by atoms with Crippen LogP contribution in [-0.2, 0) is 22.6 Å². The number of nitrogens with zero attached hydrogens (tertiary/aromatic N) is 4. The maximum absolute atomic E-state index is 12.7. The lowest BCUT2D eigenvalue weighted by atomic mass is 10.1. The highest BCUT2D eigenvalue weighted by atomic mass is 16.5. The molecule has 1 unspecified atom stereocenters. The minimum absolute atomic E-state index is 0.0613. The van der Waals surface area contributed by atoms with E-state index < -0.39 is 0 Å². The van der Waals surface area contributed by atoms with Crippen LogP contribution in [0.25, 0.3) is 0 Å². The summed E-state index contributed by atoms with van der Waals surface area (Å²) in [5.74, 6) is 1.27. The molecule has 0 saturated carbocycles. The lowest BCUT2D eigenvalue weighted by molar-refractivity contribution is -0.135. The SMILES string of the molecule is O=C(C1CCOC1)N1CCCN(Cc2ccccc2OCCn2ccnc2)CC1. The Morgan fingerprint density at radius 2 is 2.14 bits per heavy atom. The summed E-state index contributed by atoms with van der Waals surface area (Å²) < 4.78 is 13.5. The molecule has 2 aromatic rings. The van der Waals surface area contributed by atoms with E-state index in [9.17, 15) is 4.79 Å². The van der Waals surface area contributed by atoms with E-state index in [2.05, 4.69) is 22.0 Å². The van der Waals surface area contributed by atoms with Crippen LogP contribution in [0.5, 0.6) is 5.75 Å². The van der Waals surface area contributed by atoms with Crippen LogP contribution in [0.4, 0.5) is 0 Å². The van der Waals surface area contributed by atoms with Crippen molar-refractivity contribution in [2.45, 2.75) is 25.9 Å². The fourth-order valence-corrected chi connectivity index (χ4v) is 4.03. The van der Waals surface area contributed by atoms with Gasteiger partial charge in [0.15, 0.2) is 0 Å². The number of hydrogen-bond donors (Lipinski definition) is 0. The van der Waals surface area contributed by atoms with Gasteiger partial charge in [-0.3, -0.25) is 9.69 Å². The van der Waals surface area contributed by atoms with Crippen molar-refractivity contribution in [3.8, 4) is 5.75 Å². The third kappa shape index (κ3) is 5.36. The Balaban J connectivity index is 1.30. The van der Waals surface area contributed by atoms with Gasteiger partial charge in [0, 0.05) is 57.3 Å². The first-order valence-corrected chi connectivity index (χ1v) is 10.5. The Morgan fingerprint density at radius 3 is 2.97 bits per heavy atom. The highest BCUT2D eigenvalue weighted by molar-refractivity contribution is 5.79. The molecule has 3 heterocycles. The Hall–Kier alpha value is -2.38. The molecule has 2 fully saturated rings. The molecule has 1 atom stereocenters. The lowest BCUT2D eigenvalue weighted by Gasteiger charge is -2.24. The second kappa shape index (κ2) is 9.89. The van der Waals surface area contributed by atoms with Crippen molar-refractivity contribution in [2.75, 3.05) is 46.0 Å². The van der Waals surface area contributed by atoms with Crippen molar-refractivity contribution in [3.63, 3.8) is 0 Å². The summed E-state index contributed by atoms with van der Waals surface area (Å²) in [5, 5.41) is 0. The second-order valence-electron chi connectivity index (χ2n) is 7.77. The number of para-hydroxylation sites is 1. The van der Waals surface area contributed by atoms with Gasteiger partial charge in [0.05, 0.1) is 25.4 Å². The Bertz CT molecular complexity index is 774. The van der Waals surface area contributed by atoms with Gasteiger partial charge >= 0.3 is 0 Å². The van der Waals surface area contributed by atoms with Crippen LogP contribution in [0.15, 0.2) is 43.0 Å². The first kappa shape index (κ1) is 19.9. The monoisotopic (exact) mass is 398 g/mol. The van der Waals surface area contributed by atoms with Crippen molar-refractivity contribution < 1.29 is 14.3 Å². The van der Waals surface area contributed by atoms with Gasteiger partial charge in [0.1, 0.15) is 12.4 Å². The maximum atomic E-state index is 12.7. The first-order valence-electron chi connectivity index (χ1n) is 10.5. The molecule has 0 radical (unpaired) electrons. The van der Waals surface area contributed by atoms with E-state index in [1.807, 2.05) is 27.8 Å². The van der Waals surface area contributed by atoms with E-state index in [-0.39, 0.29) is 11.8 Å². The predicted octanol–water partition coefficient (Wildman–Crippen LogP) is 2.03. The topological polar surface area (TPSA) is 59.8 Å². The number of carbonyl (C=O) groups excluding carboxylic acids is 1. The molecule has 0 aliphatic carbocycles. The van der Waals surface area contributed by atoms with Crippen LogP contribution in [-0.4, -0.2) is 71.3 Å². The van der Waals surface area contributed by atoms with Gasteiger partial charge < -0.3 is 18.9 Å². The third-order valence-electron chi connectivity index (χ3n) is 5.71. The number of amides is 1. The van der Waals surface area contributed by atoms with E-state index in [1.165, 1.54) is 5.56 Å². The van der Waals surface area contributed by atoms with Gasteiger partial charge in [-0.05, 0) is 18.9 Å². The molecule has 7 nitrogen and oxygen atoms in total. The number of carbonyl (C=O) groups is 1. The highest BCUT2D eigenvalue weighted by Gasteiger charge is 2.29. The highest BCUT2D eigenvalue weighted by Crippen LogP contribution is 2.22. The normalized spacial score (nSPS) is 20.6. The van der Waals surface area contributed by atoms with Gasteiger partial charge in [0.25, 0.3) is 0 Å². The van der Waals surface area contributed by atoms with Crippen LogP contribution >= 0.6 is 0 Å². The molecule has 2 aliphatic rings. The summed E-state index contributed by atoms with van der Waals surface area (Å²) in [6, 6.07) is 8.25. The van der Waals surface area contributed by atoms with Crippen molar-refractivity contribution in [1.82, 2.24) is 19.4 Å². The second-order valence-corrected chi connectivity index (χ2v) is 7.77. The van der Waals surface area contributed by atoms with Gasteiger partial charge in [-0.2, -0.15) is 0 Å². The minimum atomic E-state index is 0.0613. The largest absolute Gasteiger partial charge is 0.491 e. The molecule has 0 spiro atoms. The Morgan fingerprint density at radius 1 is 1.21 bits per heavy atom. The van der Waals surface area contributed by atoms with E-state index in [4.69, 9.17) is 9.47 Å². The molecule has 1 aromatic heterocycles. The number of ether oxygens (including phenoxy) is 2. The molecule has 1 aromatic carbocycles.